The van der Waals surface area contributed by atoms with Crippen molar-refractivity contribution in [2.75, 3.05) is 10.5 Å². The number of nitrogens with two attached hydrogens (primary N) is 1. The van der Waals surface area contributed by atoms with Gasteiger partial charge in [-0.3, -0.25) is 4.72 Å². The fourth-order valence-corrected chi connectivity index (χ4v) is 3.05. The van der Waals surface area contributed by atoms with Crippen molar-refractivity contribution in [1.82, 2.24) is 0 Å². The molecule has 4 nitrogen and oxygen atoms in total. The van der Waals surface area contributed by atoms with Gasteiger partial charge >= 0.3 is 0 Å². The van der Waals surface area contributed by atoms with E-state index in [0.717, 1.165) is 12.1 Å². The molecule has 0 aliphatic rings. The van der Waals surface area contributed by atoms with Crippen molar-refractivity contribution >= 4 is 37.3 Å². The molecule has 0 unspecified atom stereocenters. The fraction of sp³-hybridized carbons (Fsp3) is 0. The molecule has 0 saturated heterocycles. The van der Waals surface area contributed by atoms with E-state index in [4.69, 9.17) is 5.73 Å². The highest BCUT2D eigenvalue weighted by atomic mass is 79.9. The highest BCUT2D eigenvalue weighted by Crippen LogP contribution is 2.22. The van der Waals surface area contributed by atoms with Crippen LogP contribution in [0.5, 0.6) is 0 Å². The van der Waals surface area contributed by atoms with Gasteiger partial charge in [-0.05, 0) is 36.4 Å². The third-order valence-electron chi connectivity index (χ3n) is 2.32. The Kier molecular flexibility index (Phi) is 3.77. The minimum absolute atomic E-state index is 0.177. The monoisotopic (exact) mass is 344 g/mol. The predicted octanol–water partition coefficient (Wildman–Crippen LogP) is 2.97. The number of halogens is 2. The average Bonchev–Trinajstić information content (AvgIpc) is 2.31. The zero-order valence-electron chi connectivity index (χ0n) is 9.60. The first-order valence-electron chi connectivity index (χ1n) is 5.22. The second-order valence-corrected chi connectivity index (χ2v) is 6.37. The molecular formula is C12H10BrFN2O2S. The molecule has 0 spiro atoms. The lowest BCUT2D eigenvalue weighted by Gasteiger charge is -2.09. The lowest BCUT2D eigenvalue weighted by Crippen LogP contribution is -2.14. The van der Waals surface area contributed by atoms with Crippen LogP contribution in [0.1, 0.15) is 0 Å². The molecule has 0 amide bonds. The van der Waals surface area contributed by atoms with Crippen LogP contribution >= 0.6 is 15.9 Å². The molecule has 2 aromatic carbocycles. The molecule has 0 saturated carbocycles. The van der Waals surface area contributed by atoms with Gasteiger partial charge in [-0.15, -0.1) is 0 Å². The first kappa shape index (κ1) is 13.8. The smallest absolute Gasteiger partial charge is 0.264 e. The van der Waals surface area contributed by atoms with E-state index in [1.807, 2.05) is 0 Å². The van der Waals surface area contributed by atoms with Crippen LogP contribution in [0.2, 0.25) is 0 Å². The maximum atomic E-state index is 13.6. The number of hydrogen-bond donors (Lipinski definition) is 2. The van der Waals surface area contributed by atoms with E-state index in [1.165, 1.54) is 6.07 Å². The highest BCUT2D eigenvalue weighted by molar-refractivity contribution is 9.10. The summed E-state index contributed by atoms with van der Waals surface area (Å²) in [5.74, 6) is -0.850. The lowest BCUT2D eigenvalue weighted by molar-refractivity contribution is 0.570. The van der Waals surface area contributed by atoms with Crippen LogP contribution in [-0.2, 0) is 10.0 Å². The fourth-order valence-electron chi connectivity index (χ4n) is 1.49. The number of hydrogen-bond acceptors (Lipinski definition) is 3. The summed E-state index contributed by atoms with van der Waals surface area (Å²) in [6.07, 6.45) is 0. The average molecular weight is 345 g/mol. The third-order valence-corrected chi connectivity index (χ3v) is 4.21. The topological polar surface area (TPSA) is 72.2 Å². The molecule has 19 heavy (non-hydrogen) atoms. The molecule has 0 fully saturated rings. The standard InChI is InChI=1S/C12H10BrFN2O2S/c13-8-2-1-3-10(6-8)16-19(17,18)12-7-9(15)4-5-11(12)14/h1-7,16H,15H2. The normalized spacial score (nSPS) is 11.3. The van der Waals surface area contributed by atoms with Crippen LogP contribution in [0, 0.1) is 5.82 Å². The van der Waals surface area contributed by atoms with Crippen molar-refractivity contribution in [3.8, 4) is 0 Å². The second-order valence-electron chi connectivity index (χ2n) is 3.81. The summed E-state index contributed by atoms with van der Waals surface area (Å²) in [6, 6.07) is 9.94. The van der Waals surface area contributed by atoms with E-state index in [9.17, 15) is 12.8 Å². The zero-order valence-corrected chi connectivity index (χ0v) is 12.0. The molecule has 3 N–H and O–H groups in total. The van der Waals surface area contributed by atoms with E-state index in [2.05, 4.69) is 20.7 Å². The quantitative estimate of drug-likeness (QED) is 0.840. The largest absolute Gasteiger partial charge is 0.399 e. The van der Waals surface area contributed by atoms with Crippen molar-refractivity contribution in [1.29, 1.82) is 0 Å². The molecule has 100 valence electrons. The summed E-state index contributed by atoms with van der Waals surface area (Å²) in [4.78, 5) is -0.479. The van der Waals surface area contributed by atoms with E-state index in [-0.39, 0.29) is 5.69 Å². The summed E-state index contributed by atoms with van der Waals surface area (Å²) in [5.41, 5.74) is 5.98. The number of rotatable bonds is 3. The Hall–Kier alpha value is -1.60. The number of nitrogens with one attached hydrogen (secondary N) is 1. The Morgan fingerprint density at radius 3 is 2.58 bits per heavy atom. The summed E-state index contributed by atoms with van der Waals surface area (Å²) in [7, 11) is -4.01. The van der Waals surface area contributed by atoms with Gasteiger partial charge in [-0.1, -0.05) is 22.0 Å². The Morgan fingerprint density at radius 1 is 1.16 bits per heavy atom. The van der Waals surface area contributed by atoms with Gasteiger partial charge < -0.3 is 5.73 Å². The van der Waals surface area contributed by atoms with Crippen molar-refractivity contribution in [3.05, 3.63) is 52.8 Å². The molecule has 2 rings (SSSR count). The predicted molar refractivity (Wildman–Crippen MR) is 75.8 cm³/mol. The van der Waals surface area contributed by atoms with Crippen LogP contribution in [0.4, 0.5) is 15.8 Å². The summed E-state index contributed by atoms with van der Waals surface area (Å²) >= 11 is 3.22. The lowest BCUT2D eigenvalue weighted by atomic mass is 10.3. The van der Waals surface area contributed by atoms with Gasteiger partial charge in [0.15, 0.2) is 0 Å². The summed E-state index contributed by atoms with van der Waals surface area (Å²) in [6.45, 7) is 0. The summed E-state index contributed by atoms with van der Waals surface area (Å²) < 4.78 is 40.7. The van der Waals surface area contributed by atoms with Crippen molar-refractivity contribution < 1.29 is 12.8 Å². The minimum Gasteiger partial charge on any atom is -0.399 e. The van der Waals surface area contributed by atoms with Crippen LogP contribution in [0.3, 0.4) is 0 Å². The first-order chi connectivity index (χ1) is 8.88. The van der Waals surface area contributed by atoms with Gasteiger partial charge in [0.05, 0.1) is 0 Å². The van der Waals surface area contributed by atoms with Crippen molar-refractivity contribution in [3.63, 3.8) is 0 Å². The Morgan fingerprint density at radius 2 is 1.89 bits per heavy atom. The summed E-state index contributed by atoms with van der Waals surface area (Å²) in [5, 5.41) is 0. The van der Waals surface area contributed by atoms with E-state index < -0.39 is 20.7 Å². The molecule has 0 atom stereocenters. The SMILES string of the molecule is Nc1ccc(F)c(S(=O)(=O)Nc2cccc(Br)c2)c1. The molecule has 0 aromatic heterocycles. The van der Waals surface area contributed by atoms with Crippen LogP contribution < -0.4 is 10.5 Å². The van der Waals surface area contributed by atoms with Gasteiger partial charge in [0.25, 0.3) is 10.0 Å². The van der Waals surface area contributed by atoms with Gasteiger partial charge in [-0.2, -0.15) is 0 Å². The minimum atomic E-state index is -4.01. The Balaban J connectivity index is 2.40. The van der Waals surface area contributed by atoms with E-state index in [1.54, 1.807) is 24.3 Å². The first-order valence-corrected chi connectivity index (χ1v) is 7.49. The Labute approximate surface area is 118 Å². The van der Waals surface area contributed by atoms with E-state index >= 15 is 0 Å². The molecule has 0 aliphatic heterocycles. The van der Waals surface area contributed by atoms with Gasteiger partial charge in [0.2, 0.25) is 0 Å². The van der Waals surface area contributed by atoms with Crippen LogP contribution in [0.15, 0.2) is 51.8 Å². The van der Waals surface area contributed by atoms with Crippen LogP contribution in [0.25, 0.3) is 0 Å². The molecule has 7 heteroatoms. The molecule has 0 bridgehead atoms. The van der Waals surface area contributed by atoms with Gasteiger partial charge in [0.1, 0.15) is 10.7 Å². The molecule has 0 radical (unpaired) electrons. The van der Waals surface area contributed by atoms with Crippen molar-refractivity contribution in [2.45, 2.75) is 4.90 Å². The van der Waals surface area contributed by atoms with E-state index in [0.29, 0.717) is 10.2 Å². The van der Waals surface area contributed by atoms with Gasteiger partial charge in [-0.25, -0.2) is 12.8 Å². The van der Waals surface area contributed by atoms with Gasteiger partial charge in [0, 0.05) is 15.8 Å². The second kappa shape index (κ2) is 5.18. The maximum Gasteiger partial charge on any atom is 0.264 e. The number of anilines is 2. The molecule has 0 aliphatic carbocycles. The van der Waals surface area contributed by atoms with Crippen molar-refractivity contribution in [2.24, 2.45) is 0 Å². The zero-order chi connectivity index (χ0) is 14.0. The number of sulfonamides is 1. The molecule has 0 heterocycles. The third kappa shape index (κ3) is 3.24. The highest BCUT2D eigenvalue weighted by Gasteiger charge is 2.19. The Bertz CT molecular complexity index is 719. The maximum absolute atomic E-state index is 13.6. The molecular weight excluding hydrogens is 335 g/mol. The number of benzene rings is 2. The number of nitrogen functional groups attached to an aromatic ring is 1. The molecule has 2 aromatic rings. The van der Waals surface area contributed by atoms with Crippen LogP contribution in [-0.4, -0.2) is 8.42 Å².